The van der Waals surface area contributed by atoms with Gasteiger partial charge in [-0.3, -0.25) is 0 Å². The molecule has 0 aliphatic carbocycles. The monoisotopic (exact) mass is 128 g/mol. The van der Waals surface area contributed by atoms with E-state index < -0.39 is 5.97 Å². The third-order valence-electron chi connectivity index (χ3n) is 0.525. The molecular weight excluding hydrogens is 123 g/mol. The summed E-state index contributed by atoms with van der Waals surface area (Å²) in [6, 6.07) is 0. The molecule has 0 aliphatic rings. The van der Waals surface area contributed by atoms with Crippen LogP contribution in [0.3, 0.4) is 0 Å². The molecule has 0 unspecified atom stereocenters. The van der Waals surface area contributed by atoms with Crippen LogP contribution in [0.15, 0.2) is 0 Å². The molecule has 0 aromatic carbocycles. The van der Waals surface area contributed by atoms with E-state index in [1.54, 1.807) is 16.6 Å². The van der Waals surface area contributed by atoms with E-state index in [2.05, 4.69) is 3.79 Å². The van der Waals surface area contributed by atoms with Gasteiger partial charge in [0, 0.05) is 0 Å². The van der Waals surface area contributed by atoms with Gasteiger partial charge in [0.1, 0.15) is 0 Å². The standard InChI is InChI=1S/C4H6O3.Al/c1-3(5)2-4(6)7;/h2H2,1H3,(H,6,7);/q;+3/p-1. The molecule has 0 radical (unpaired) electrons. The number of carbonyl (C=O) groups is 2. The Labute approximate surface area is 55.8 Å². The molecule has 3 nitrogen and oxygen atoms in total. The van der Waals surface area contributed by atoms with Crippen molar-refractivity contribution in [2.45, 2.75) is 13.3 Å². The summed E-state index contributed by atoms with van der Waals surface area (Å²) in [5.74, 6) is -0.694. The third-order valence-corrected chi connectivity index (χ3v) is 0.788. The first-order valence-electron chi connectivity index (χ1n) is 2.06. The Balaban J connectivity index is 3.40. The maximum absolute atomic E-state index is 10.2. The van der Waals surface area contributed by atoms with Crippen molar-refractivity contribution in [2.75, 3.05) is 0 Å². The Morgan fingerprint density at radius 2 is 2.12 bits per heavy atom. The molecule has 0 fully saturated rings. The van der Waals surface area contributed by atoms with Crippen molar-refractivity contribution in [1.82, 2.24) is 0 Å². The van der Waals surface area contributed by atoms with Crippen LogP contribution in [0.4, 0.5) is 0 Å². The van der Waals surface area contributed by atoms with Crippen LogP contribution in [0, 0.1) is 0 Å². The Hall–Kier alpha value is -0.328. The zero-order chi connectivity index (χ0) is 6.57. The molecule has 0 rings (SSSR count). The second-order valence-electron chi connectivity index (χ2n) is 1.37. The number of Topliss-reactive ketones (excluding diaryl/α,β-unsaturated/α-hetero) is 1. The number of carbonyl (C=O) groups excluding carboxylic acids is 2. The number of rotatable bonds is 2. The van der Waals surface area contributed by atoms with Crippen molar-refractivity contribution in [3.63, 3.8) is 0 Å². The molecule has 4 heteroatoms. The van der Waals surface area contributed by atoms with E-state index in [0.717, 1.165) is 0 Å². The van der Waals surface area contributed by atoms with E-state index >= 15 is 0 Å². The number of hydrogen-bond acceptors (Lipinski definition) is 3. The van der Waals surface area contributed by atoms with E-state index in [9.17, 15) is 9.59 Å². The van der Waals surface area contributed by atoms with Crippen molar-refractivity contribution in [1.29, 1.82) is 0 Å². The van der Waals surface area contributed by atoms with Crippen LogP contribution in [0.25, 0.3) is 0 Å². The summed E-state index contributed by atoms with van der Waals surface area (Å²) in [5, 5.41) is 0. The van der Waals surface area contributed by atoms with Crippen molar-refractivity contribution in [3.05, 3.63) is 0 Å². The molecule has 0 spiro atoms. The summed E-state index contributed by atoms with van der Waals surface area (Å²) >= 11 is 1.78. The molecule has 0 heterocycles. The summed E-state index contributed by atoms with van der Waals surface area (Å²) in [7, 11) is 0. The molecule has 0 aromatic heterocycles. The zero-order valence-electron chi connectivity index (χ0n) is 4.51. The van der Waals surface area contributed by atoms with Gasteiger partial charge in [-0.1, -0.05) is 0 Å². The Kier molecular flexibility index (Phi) is 3.50. The van der Waals surface area contributed by atoms with Gasteiger partial charge in [0.05, 0.1) is 0 Å². The molecule has 0 N–H and O–H groups in total. The number of ketones is 1. The fourth-order valence-electron chi connectivity index (χ4n) is 0.245. The van der Waals surface area contributed by atoms with Crippen LogP contribution >= 0.6 is 0 Å². The van der Waals surface area contributed by atoms with E-state index in [-0.39, 0.29) is 12.2 Å². The van der Waals surface area contributed by atoms with Gasteiger partial charge in [0.15, 0.2) is 0 Å². The summed E-state index contributed by atoms with van der Waals surface area (Å²) < 4.78 is 4.12. The van der Waals surface area contributed by atoms with E-state index in [4.69, 9.17) is 0 Å². The van der Waals surface area contributed by atoms with Gasteiger partial charge in [-0.25, -0.2) is 0 Å². The van der Waals surface area contributed by atoms with Gasteiger partial charge in [-0.15, -0.1) is 0 Å². The molecule has 0 saturated carbocycles. The molecule has 0 aromatic rings. The quantitative estimate of drug-likeness (QED) is 0.375. The molecule has 0 bridgehead atoms. The Morgan fingerprint density at radius 1 is 1.62 bits per heavy atom. The van der Waals surface area contributed by atoms with Gasteiger partial charge in [0.25, 0.3) is 0 Å². The molecule has 0 atom stereocenters. The first-order chi connectivity index (χ1) is 3.66. The molecule has 0 saturated heterocycles. The first-order valence-corrected chi connectivity index (χ1v) is 2.53. The second-order valence-corrected chi connectivity index (χ2v) is 1.60. The predicted molar refractivity (Wildman–Crippen MR) is 27.1 cm³/mol. The average Bonchev–Trinajstić information content (AvgIpc) is 1.65. The van der Waals surface area contributed by atoms with Gasteiger partial charge in [-0.05, 0) is 0 Å². The normalized spacial score (nSPS) is 8.38. The summed E-state index contributed by atoms with van der Waals surface area (Å²) in [5.41, 5.74) is 0. The molecular formula is C4H5AlO3+2. The SMILES string of the molecule is CC(=O)CC(=O)[O][Al+2]. The van der Waals surface area contributed by atoms with Crippen molar-refractivity contribution in [3.8, 4) is 0 Å². The molecule has 40 valence electrons. The van der Waals surface area contributed by atoms with Crippen LogP contribution in [-0.2, 0) is 13.4 Å². The maximum atomic E-state index is 10.2. The molecule has 8 heavy (non-hydrogen) atoms. The Morgan fingerprint density at radius 3 is 2.25 bits per heavy atom. The number of hydrogen-bond donors (Lipinski definition) is 0. The van der Waals surface area contributed by atoms with Crippen LogP contribution in [-0.4, -0.2) is 28.4 Å². The van der Waals surface area contributed by atoms with Crippen molar-refractivity contribution >= 4 is 28.4 Å². The summed E-state index contributed by atoms with van der Waals surface area (Å²) in [6.07, 6.45) is -0.135. The van der Waals surface area contributed by atoms with E-state index in [1.165, 1.54) is 6.92 Å². The van der Waals surface area contributed by atoms with E-state index in [0.29, 0.717) is 0 Å². The van der Waals surface area contributed by atoms with Gasteiger partial charge < -0.3 is 0 Å². The zero-order valence-corrected chi connectivity index (χ0v) is 5.66. The van der Waals surface area contributed by atoms with Gasteiger partial charge >= 0.3 is 55.1 Å². The van der Waals surface area contributed by atoms with Crippen LogP contribution in [0.2, 0.25) is 0 Å². The second kappa shape index (κ2) is 3.65. The van der Waals surface area contributed by atoms with E-state index in [1.807, 2.05) is 0 Å². The summed E-state index contributed by atoms with van der Waals surface area (Å²) in [4.78, 5) is 20.3. The molecule has 0 amide bonds. The van der Waals surface area contributed by atoms with Crippen LogP contribution in [0.5, 0.6) is 0 Å². The summed E-state index contributed by atoms with van der Waals surface area (Å²) in [6.45, 7) is 1.33. The first kappa shape index (κ1) is 7.67. The topological polar surface area (TPSA) is 43.4 Å². The van der Waals surface area contributed by atoms with Crippen molar-refractivity contribution in [2.24, 2.45) is 0 Å². The predicted octanol–water partition coefficient (Wildman–Crippen LogP) is -0.408. The van der Waals surface area contributed by atoms with Gasteiger partial charge in [0.2, 0.25) is 0 Å². The minimum absolute atomic E-state index is 0.135. The minimum atomic E-state index is -0.512. The third kappa shape index (κ3) is 3.85. The average molecular weight is 128 g/mol. The molecule has 0 aliphatic heterocycles. The Bertz CT molecular complexity index is 110. The van der Waals surface area contributed by atoms with Gasteiger partial charge in [-0.2, -0.15) is 0 Å². The van der Waals surface area contributed by atoms with Crippen LogP contribution < -0.4 is 0 Å². The van der Waals surface area contributed by atoms with Crippen molar-refractivity contribution < 1.29 is 13.4 Å². The van der Waals surface area contributed by atoms with Crippen LogP contribution in [0.1, 0.15) is 13.3 Å². The fraction of sp³-hybridized carbons (Fsp3) is 0.500. The fourth-order valence-corrected chi connectivity index (χ4v) is 0.328.